The standard InChI is InChI=1S/C18H22F15NO/c1-2-3-4-5-6-7-8-9-10-34-11(35)12(19,20)13(21,22)14(23,24)15(25,26)16(27,28)17(29,30)18(31,32)33/h2-10H2,1H3,(H,34,35). The highest BCUT2D eigenvalue weighted by molar-refractivity contribution is 5.84. The maximum atomic E-state index is 13.7. The van der Waals surface area contributed by atoms with E-state index in [-0.39, 0.29) is 12.8 Å². The van der Waals surface area contributed by atoms with Crippen LogP contribution in [-0.2, 0) is 4.79 Å². The Labute approximate surface area is 189 Å². The Morgan fingerprint density at radius 1 is 0.514 bits per heavy atom. The summed E-state index contributed by atoms with van der Waals surface area (Å²) in [5.74, 6) is -51.1. The first kappa shape index (κ1) is 33.4. The summed E-state index contributed by atoms with van der Waals surface area (Å²) >= 11 is 0. The lowest BCUT2D eigenvalue weighted by molar-refractivity contribution is -0.449. The SMILES string of the molecule is CCCCCCCCCCNC(=O)C(F)(F)C(F)(F)C(F)(F)C(F)(F)C(F)(F)C(F)(F)C(F)(F)F. The van der Waals surface area contributed by atoms with Crippen molar-refractivity contribution in [2.24, 2.45) is 0 Å². The number of amides is 1. The van der Waals surface area contributed by atoms with Crippen molar-refractivity contribution in [3.8, 4) is 0 Å². The van der Waals surface area contributed by atoms with Gasteiger partial charge in [0, 0.05) is 6.54 Å². The minimum absolute atomic E-state index is 0.177. The highest BCUT2D eigenvalue weighted by Gasteiger charge is 2.94. The van der Waals surface area contributed by atoms with Gasteiger partial charge < -0.3 is 5.32 Å². The fraction of sp³-hybridized carbons (Fsp3) is 0.944. The first-order valence-corrected chi connectivity index (χ1v) is 10.1. The molecule has 0 unspecified atom stereocenters. The van der Waals surface area contributed by atoms with Gasteiger partial charge in [-0.05, 0) is 6.42 Å². The predicted octanol–water partition coefficient (Wildman–Crippen LogP) is 7.62. The van der Waals surface area contributed by atoms with E-state index in [2.05, 4.69) is 0 Å². The maximum Gasteiger partial charge on any atom is 0.460 e. The third-order valence-corrected chi connectivity index (χ3v) is 4.93. The molecule has 0 radical (unpaired) electrons. The summed E-state index contributed by atoms with van der Waals surface area (Å²) in [7, 11) is 0. The lowest BCUT2D eigenvalue weighted by atomic mass is 9.91. The van der Waals surface area contributed by atoms with Crippen LogP contribution in [0, 0.1) is 0 Å². The Balaban J connectivity index is 5.51. The molecule has 0 aromatic heterocycles. The second-order valence-corrected chi connectivity index (χ2v) is 7.67. The van der Waals surface area contributed by atoms with Gasteiger partial charge in [-0.15, -0.1) is 0 Å². The predicted molar refractivity (Wildman–Crippen MR) is 91.4 cm³/mol. The van der Waals surface area contributed by atoms with Crippen molar-refractivity contribution in [1.82, 2.24) is 5.32 Å². The molecule has 0 aliphatic carbocycles. The molecule has 1 amide bonds. The molecular formula is C18H22F15NO. The number of nitrogens with one attached hydrogen (secondary N) is 1. The van der Waals surface area contributed by atoms with Crippen molar-refractivity contribution in [1.29, 1.82) is 0 Å². The molecule has 0 saturated heterocycles. The number of rotatable bonds is 15. The Kier molecular flexibility index (Phi) is 10.7. The Hall–Kier alpha value is -1.58. The summed E-state index contributed by atoms with van der Waals surface area (Å²) in [6.07, 6.45) is -2.89. The van der Waals surface area contributed by atoms with Crippen LogP contribution in [0.25, 0.3) is 0 Å². The van der Waals surface area contributed by atoms with Crippen molar-refractivity contribution in [3.05, 3.63) is 0 Å². The van der Waals surface area contributed by atoms with Gasteiger partial charge in [0.25, 0.3) is 5.91 Å². The van der Waals surface area contributed by atoms with Crippen LogP contribution >= 0.6 is 0 Å². The minimum atomic E-state index is -8.40. The molecule has 0 aliphatic heterocycles. The smallest absolute Gasteiger partial charge is 0.351 e. The Bertz CT molecular complexity index is 688. The molecule has 0 saturated carbocycles. The van der Waals surface area contributed by atoms with Crippen molar-refractivity contribution in [2.45, 2.75) is 100 Å². The molecule has 0 aromatic carbocycles. The van der Waals surface area contributed by atoms with Gasteiger partial charge in [0.1, 0.15) is 0 Å². The third-order valence-electron chi connectivity index (χ3n) is 4.93. The van der Waals surface area contributed by atoms with Crippen LogP contribution in [0.5, 0.6) is 0 Å². The zero-order valence-corrected chi connectivity index (χ0v) is 17.9. The maximum absolute atomic E-state index is 13.7. The number of hydrogen-bond acceptors (Lipinski definition) is 1. The average molecular weight is 553 g/mol. The van der Waals surface area contributed by atoms with Gasteiger partial charge in [0.2, 0.25) is 0 Å². The van der Waals surface area contributed by atoms with Crippen molar-refractivity contribution < 1.29 is 70.7 Å². The second kappa shape index (κ2) is 11.2. The van der Waals surface area contributed by atoms with Crippen LogP contribution in [0.15, 0.2) is 0 Å². The van der Waals surface area contributed by atoms with E-state index in [1.54, 1.807) is 0 Å². The molecule has 0 bridgehead atoms. The molecule has 210 valence electrons. The third kappa shape index (κ3) is 6.23. The van der Waals surface area contributed by atoms with Gasteiger partial charge in [-0.25, -0.2) is 0 Å². The van der Waals surface area contributed by atoms with Crippen LogP contribution in [0.2, 0.25) is 0 Å². The number of carbonyl (C=O) groups excluding carboxylic acids is 1. The fourth-order valence-electron chi connectivity index (χ4n) is 2.68. The zero-order valence-electron chi connectivity index (χ0n) is 17.9. The van der Waals surface area contributed by atoms with Gasteiger partial charge in [-0.1, -0.05) is 51.9 Å². The van der Waals surface area contributed by atoms with Crippen LogP contribution in [0.1, 0.15) is 58.3 Å². The largest absolute Gasteiger partial charge is 0.460 e. The fourth-order valence-corrected chi connectivity index (χ4v) is 2.68. The molecular weight excluding hydrogens is 531 g/mol. The van der Waals surface area contributed by atoms with Gasteiger partial charge in [-0.2, -0.15) is 65.9 Å². The Morgan fingerprint density at radius 2 is 0.857 bits per heavy atom. The van der Waals surface area contributed by atoms with E-state index in [0.29, 0.717) is 12.8 Å². The van der Waals surface area contributed by atoms with E-state index in [4.69, 9.17) is 0 Å². The number of carbonyl (C=O) groups is 1. The molecule has 0 spiro atoms. The van der Waals surface area contributed by atoms with E-state index in [1.807, 2.05) is 6.92 Å². The van der Waals surface area contributed by atoms with Crippen LogP contribution in [0.4, 0.5) is 65.9 Å². The first-order chi connectivity index (χ1) is 15.5. The summed E-state index contributed by atoms with van der Waals surface area (Å²) in [6, 6.07) is 0. The summed E-state index contributed by atoms with van der Waals surface area (Å²) < 4.78 is 196. The molecule has 0 aliphatic rings. The average Bonchev–Trinajstić information content (AvgIpc) is 2.70. The number of halogens is 15. The van der Waals surface area contributed by atoms with E-state index < -0.39 is 54.2 Å². The second-order valence-electron chi connectivity index (χ2n) is 7.67. The lowest BCUT2D eigenvalue weighted by Gasteiger charge is -2.41. The number of hydrogen-bond donors (Lipinski definition) is 1. The molecule has 0 rings (SSSR count). The van der Waals surface area contributed by atoms with E-state index in [0.717, 1.165) is 31.0 Å². The Morgan fingerprint density at radius 3 is 1.26 bits per heavy atom. The van der Waals surface area contributed by atoms with Crippen molar-refractivity contribution in [2.75, 3.05) is 6.54 Å². The van der Waals surface area contributed by atoms with Gasteiger partial charge >= 0.3 is 41.7 Å². The normalized spacial score (nSPS) is 14.9. The molecule has 0 heterocycles. The van der Waals surface area contributed by atoms with Crippen molar-refractivity contribution in [3.63, 3.8) is 0 Å². The number of alkyl halides is 15. The van der Waals surface area contributed by atoms with Gasteiger partial charge in [0.15, 0.2) is 0 Å². The first-order valence-electron chi connectivity index (χ1n) is 10.1. The summed E-state index contributed by atoms with van der Waals surface area (Å²) in [5.41, 5.74) is 0. The monoisotopic (exact) mass is 553 g/mol. The molecule has 0 aromatic rings. The quantitative estimate of drug-likeness (QED) is 0.164. The van der Waals surface area contributed by atoms with Crippen LogP contribution < -0.4 is 5.32 Å². The van der Waals surface area contributed by atoms with E-state index in [9.17, 15) is 70.7 Å². The molecule has 35 heavy (non-hydrogen) atoms. The van der Waals surface area contributed by atoms with E-state index >= 15 is 0 Å². The minimum Gasteiger partial charge on any atom is -0.351 e. The van der Waals surface area contributed by atoms with Crippen molar-refractivity contribution >= 4 is 5.91 Å². The highest BCUT2D eigenvalue weighted by atomic mass is 19.4. The van der Waals surface area contributed by atoms with Gasteiger partial charge in [-0.3, -0.25) is 4.79 Å². The molecule has 1 N–H and O–H groups in total. The zero-order chi connectivity index (χ0) is 28.1. The summed E-state index contributed by atoms with van der Waals surface area (Å²) in [5, 5.41) is 0.994. The van der Waals surface area contributed by atoms with E-state index in [1.165, 1.54) is 0 Å². The van der Waals surface area contributed by atoms with Gasteiger partial charge in [0.05, 0.1) is 0 Å². The number of unbranched alkanes of at least 4 members (excludes halogenated alkanes) is 7. The summed E-state index contributed by atoms with van der Waals surface area (Å²) in [6.45, 7) is 1.08. The molecule has 2 nitrogen and oxygen atoms in total. The highest BCUT2D eigenvalue weighted by Crippen LogP contribution is 2.62. The van der Waals surface area contributed by atoms with Crippen LogP contribution in [0.3, 0.4) is 0 Å². The lowest BCUT2D eigenvalue weighted by Crippen LogP contribution is -2.74. The molecule has 0 atom stereocenters. The van der Waals surface area contributed by atoms with Crippen LogP contribution in [-0.4, -0.2) is 54.2 Å². The topological polar surface area (TPSA) is 29.1 Å². The summed E-state index contributed by atoms with van der Waals surface area (Å²) in [4.78, 5) is 11.3. The molecule has 0 fully saturated rings. The molecule has 17 heteroatoms.